The molecule has 0 bridgehead atoms. The van der Waals surface area contributed by atoms with Crippen LogP contribution in [0.5, 0.6) is 5.75 Å². The summed E-state index contributed by atoms with van der Waals surface area (Å²) in [5.41, 5.74) is 3.08. The smallest absolute Gasteiger partial charge is 0.284 e. The van der Waals surface area contributed by atoms with Gasteiger partial charge in [0.05, 0.1) is 32.4 Å². The molecule has 0 saturated carbocycles. The van der Waals surface area contributed by atoms with Crippen molar-refractivity contribution in [2.24, 2.45) is 0 Å². The number of benzene rings is 2. The number of methoxy groups -OCH3 is 1. The van der Waals surface area contributed by atoms with Gasteiger partial charge < -0.3 is 9.64 Å². The first-order valence-electron chi connectivity index (χ1n) is 10.9. The van der Waals surface area contributed by atoms with Crippen LogP contribution in [0.4, 0.5) is 5.13 Å². The largest absolute Gasteiger partial charge is 0.497 e. The van der Waals surface area contributed by atoms with E-state index >= 15 is 0 Å². The minimum atomic E-state index is 0.149. The maximum Gasteiger partial charge on any atom is 0.284 e. The minimum absolute atomic E-state index is 0.149. The summed E-state index contributed by atoms with van der Waals surface area (Å²) < 4.78 is 5.28. The lowest BCUT2D eigenvalue weighted by Crippen LogP contribution is -3.13. The number of hydrogen-bond donors (Lipinski definition) is 1. The van der Waals surface area contributed by atoms with E-state index in [1.165, 1.54) is 24.2 Å². The van der Waals surface area contributed by atoms with Crippen molar-refractivity contribution < 1.29 is 14.4 Å². The Balaban J connectivity index is 1.61. The van der Waals surface area contributed by atoms with Gasteiger partial charge in [-0.15, -0.1) is 11.3 Å². The molecule has 1 N–H and O–H groups in total. The molecule has 4 rings (SSSR count). The molecule has 1 amide bonds. The monoisotopic (exact) mass is 436 g/mol. The van der Waals surface area contributed by atoms with Gasteiger partial charge in [0, 0.05) is 10.4 Å². The first kappa shape index (κ1) is 21.5. The number of nitrogens with zero attached hydrogens (tertiary/aromatic N) is 2. The number of anilines is 1. The molecule has 2 aromatic carbocycles. The lowest BCUT2D eigenvalue weighted by atomic mass is 10.1. The fraction of sp³-hybridized carbons (Fsp3) is 0.360. The normalized spacial score (nSPS) is 14.4. The molecule has 31 heavy (non-hydrogen) atoms. The average molecular weight is 437 g/mol. The molecular formula is C25H30N3O2S+. The van der Waals surface area contributed by atoms with Crippen LogP contribution in [-0.4, -0.2) is 37.6 Å². The summed E-state index contributed by atoms with van der Waals surface area (Å²) in [5, 5.41) is 0.772. The number of amides is 1. The number of carbonyl (C=O) groups excluding carboxylic acids is 1. The molecule has 1 aliphatic heterocycles. The van der Waals surface area contributed by atoms with Crippen LogP contribution in [0, 0.1) is 6.92 Å². The van der Waals surface area contributed by atoms with Crippen molar-refractivity contribution in [3.05, 3.63) is 65.0 Å². The van der Waals surface area contributed by atoms with E-state index in [9.17, 15) is 4.79 Å². The molecule has 1 aliphatic rings. The van der Waals surface area contributed by atoms with Crippen molar-refractivity contribution in [2.75, 3.05) is 31.6 Å². The topological polar surface area (TPSA) is 46.9 Å². The molecule has 6 heteroatoms. The third kappa shape index (κ3) is 5.32. The molecule has 1 aromatic heterocycles. The minimum Gasteiger partial charge on any atom is -0.497 e. The van der Waals surface area contributed by atoms with E-state index in [-0.39, 0.29) is 5.91 Å². The Morgan fingerprint density at radius 3 is 2.45 bits per heavy atom. The van der Waals surface area contributed by atoms with Crippen LogP contribution in [0.1, 0.15) is 29.7 Å². The Labute approximate surface area is 188 Å². The maximum absolute atomic E-state index is 13.4. The molecule has 162 valence electrons. The number of aromatic nitrogens is 1. The first-order chi connectivity index (χ1) is 15.1. The van der Waals surface area contributed by atoms with Crippen molar-refractivity contribution in [1.29, 1.82) is 0 Å². The highest BCUT2D eigenvalue weighted by atomic mass is 32.1. The molecule has 0 unspecified atom stereocenters. The van der Waals surface area contributed by atoms with Crippen LogP contribution >= 0.6 is 11.3 Å². The summed E-state index contributed by atoms with van der Waals surface area (Å²) in [5.74, 6) is 0.970. The number of quaternary nitrogens is 1. The van der Waals surface area contributed by atoms with E-state index in [1.807, 2.05) is 47.4 Å². The predicted octanol–water partition coefficient (Wildman–Crippen LogP) is 3.73. The van der Waals surface area contributed by atoms with Crippen molar-refractivity contribution >= 4 is 22.4 Å². The van der Waals surface area contributed by atoms with E-state index in [1.54, 1.807) is 18.4 Å². The molecule has 3 aromatic rings. The molecule has 5 nitrogen and oxygen atoms in total. The van der Waals surface area contributed by atoms with Crippen LogP contribution in [0.2, 0.25) is 0 Å². The highest BCUT2D eigenvalue weighted by Crippen LogP contribution is 2.34. The average Bonchev–Trinajstić information content (AvgIpc) is 3.20. The van der Waals surface area contributed by atoms with Crippen LogP contribution < -0.4 is 14.5 Å². The summed E-state index contributed by atoms with van der Waals surface area (Å²) in [6.45, 7) is 5.31. The summed E-state index contributed by atoms with van der Waals surface area (Å²) in [4.78, 5) is 22.7. The van der Waals surface area contributed by atoms with E-state index < -0.39 is 0 Å². The second kappa shape index (κ2) is 10.1. The molecule has 1 fully saturated rings. The second-order valence-electron chi connectivity index (χ2n) is 8.08. The number of piperidine rings is 1. The molecule has 1 saturated heterocycles. The highest BCUT2D eigenvalue weighted by Gasteiger charge is 2.26. The molecule has 0 aliphatic carbocycles. The van der Waals surface area contributed by atoms with Gasteiger partial charge in [0.15, 0.2) is 11.7 Å². The number of aryl methyl sites for hydroxylation is 1. The zero-order valence-electron chi connectivity index (χ0n) is 18.3. The molecule has 0 spiro atoms. The third-order valence-corrected chi connectivity index (χ3v) is 6.82. The van der Waals surface area contributed by atoms with E-state index in [0.717, 1.165) is 45.7 Å². The van der Waals surface area contributed by atoms with Gasteiger partial charge in [-0.25, -0.2) is 4.98 Å². The summed E-state index contributed by atoms with van der Waals surface area (Å²) >= 11 is 1.59. The lowest BCUT2D eigenvalue weighted by Gasteiger charge is -2.26. The van der Waals surface area contributed by atoms with E-state index in [0.29, 0.717) is 13.1 Å². The van der Waals surface area contributed by atoms with Gasteiger partial charge >= 0.3 is 0 Å². The summed E-state index contributed by atoms with van der Waals surface area (Å²) in [7, 11) is 1.67. The number of nitrogens with one attached hydrogen (secondary N) is 1. The van der Waals surface area contributed by atoms with Gasteiger partial charge in [-0.05, 0) is 56.0 Å². The van der Waals surface area contributed by atoms with Crippen LogP contribution in [-0.2, 0) is 11.3 Å². The third-order valence-electron chi connectivity index (χ3n) is 5.83. The number of rotatable bonds is 7. The van der Waals surface area contributed by atoms with Gasteiger partial charge in [0.1, 0.15) is 5.75 Å². The molecular weight excluding hydrogens is 406 g/mol. The predicted molar refractivity (Wildman–Crippen MR) is 126 cm³/mol. The fourth-order valence-electron chi connectivity index (χ4n) is 4.08. The van der Waals surface area contributed by atoms with E-state index in [4.69, 9.17) is 9.72 Å². The van der Waals surface area contributed by atoms with Gasteiger partial charge in [-0.3, -0.25) is 9.69 Å². The Morgan fingerprint density at radius 1 is 1.06 bits per heavy atom. The zero-order chi connectivity index (χ0) is 21.6. The number of likely N-dealkylation sites (tertiary alicyclic amines) is 1. The van der Waals surface area contributed by atoms with Gasteiger partial charge in [-0.2, -0.15) is 0 Å². The number of thiazole rings is 1. The first-order valence-corrected chi connectivity index (χ1v) is 11.8. The molecule has 2 heterocycles. The number of hydrogen-bond acceptors (Lipinski definition) is 4. The number of ether oxygens (including phenoxy) is 1. The Bertz CT molecular complexity index is 995. The van der Waals surface area contributed by atoms with Gasteiger partial charge in [0.2, 0.25) is 0 Å². The van der Waals surface area contributed by atoms with E-state index in [2.05, 4.69) is 19.1 Å². The van der Waals surface area contributed by atoms with Crippen molar-refractivity contribution in [3.63, 3.8) is 0 Å². The summed E-state index contributed by atoms with van der Waals surface area (Å²) in [6, 6.07) is 18.1. The second-order valence-corrected chi connectivity index (χ2v) is 9.26. The highest BCUT2D eigenvalue weighted by molar-refractivity contribution is 7.16. The Morgan fingerprint density at radius 2 is 1.77 bits per heavy atom. The summed E-state index contributed by atoms with van der Waals surface area (Å²) in [6.07, 6.45) is 3.70. The SMILES string of the molecule is COc1ccc(-c2nc(N(Cc3ccccc3)C(=O)C[NH+]3CCCCC3)sc2C)cc1. The van der Waals surface area contributed by atoms with Crippen molar-refractivity contribution in [1.82, 2.24) is 4.98 Å². The van der Waals surface area contributed by atoms with Gasteiger partial charge in [0.25, 0.3) is 5.91 Å². The molecule has 0 atom stereocenters. The fourth-order valence-corrected chi connectivity index (χ4v) is 5.03. The lowest BCUT2D eigenvalue weighted by molar-refractivity contribution is -0.896. The van der Waals surface area contributed by atoms with Crippen LogP contribution in [0.25, 0.3) is 11.3 Å². The van der Waals surface area contributed by atoms with Crippen molar-refractivity contribution in [2.45, 2.75) is 32.7 Å². The van der Waals surface area contributed by atoms with Crippen molar-refractivity contribution in [3.8, 4) is 17.0 Å². The quantitative estimate of drug-likeness (QED) is 0.614. The molecule has 0 radical (unpaired) electrons. The van der Waals surface area contributed by atoms with Gasteiger partial charge in [-0.1, -0.05) is 30.3 Å². The van der Waals surface area contributed by atoms with Crippen LogP contribution in [0.3, 0.4) is 0 Å². The zero-order valence-corrected chi connectivity index (χ0v) is 19.1. The Hall–Kier alpha value is -2.70. The number of carbonyl (C=O) groups is 1. The standard InChI is InChI=1S/C25H29N3O2S/c1-19-24(21-11-13-22(30-2)14-12-21)26-25(31-19)28(17-20-9-5-3-6-10-20)23(29)18-27-15-7-4-8-16-27/h3,5-6,9-14H,4,7-8,15-18H2,1-2H3/p+1. The Kier molecular flexibility index (Phi) is 6.99. The maximum atomic E-state index is 13.4. The van der Waals surface area contributed by atoms with Crippen LogP contribution in [0.15, 0.2) is 54.6 Å².